The van der Waals surface area contributed by atoms with Crippen LogP contribution >= 0.6 is 23.2 Å². The minimum absolute atomic E-state index is 0.600. The molecule has 0 atom stereocenters. The molecule has 0 aliphatic heterocycles. The fraction of sp³-hybridized carbons (Fsp3) is 0.333. The Hall–Kier alpha value is -1.52. The van der Waals surface area contributed by atoms with Crippen LogP contribution in [0.4, 0.5) is 17.3 Å². The number of rotatable bonds is 6. The Bertz CT molecular complexity index is 617. The van der Waals surface area contributed by atoms with Gasteiger partial charge in [0, 0.05) is 17.1 Å². The fourth-order valence-electron chi connectivity index (χ4n) is 1.97. The molecular formula is C15H18Cl2N4. The lowest BCUT2D eigenvalue weighted by Gasteiger charge is -2.15. The van der Waals surface area contributed by atoms with E-state index in [1.807, 2.05) is 0 Å². The normalized spacial score (nSPS) is 10.5. The number of benzene rings is 1. The summed E-state index contributed by atoms with van der Waals surface area (Å²) in [6.07, 6.45) is 3.39. The third-order valence-electron chi connectivity index (χ3n) is 3.02. The number of hydrogen-bond acceptors (Lipinski definition) is 4. The number of anilines is 3. The van der Waals surface area contributed by atoms with Crippen LogP contribution < -0.4 is 10.6 Å². The first-order valence-electron chi connectivity index (χ1n) is 6.95. The van der Waals surface area contributed by atoms with Gasteiger partial charge in [-0.2, -0.15) is 0 Å². The van der Waals surface area contributed by atoms with Crippen molar-refractivity contribution < 1.29 is 0 Å². The highest BCUT2D eigenvalue weighted by Crippen LogP contribution is 2.30. The summed E-state index contributed by atoms with van der Waals surface area (Å²) in [5, 5.41) is 7.78. The van der Waals surface area contributed by atoms with Gasteiger partial charge in [0.05, 0.1) is 10.7 Å². The second-order valence-electron chi connectivity index (χ2n) is 4.58. The zero-order valence-corrected chi connectivity index (χ0v) is 13.6. The van der Waals surface area contributed by atoms with Gasteiger partial charge in [-0.15, -0.1) is 0 Å². The lowest BCUT2D eigenvalue weighted by atomic mass is 10.2. The molecule has 1 aromatic heterocycles. The van der Waals surface area contributed by atoms with Crippen LogP contribution in [0.15, 0.2) is 24.5 Å². The number of nitrogens with zero attached hydrogens (tertiary/aromatic N) is 2. The average molecular weight is 325 g/mol. The molecule has 1 aromatic carbocycles. The fourth-order valence-corrected chi connectivity index (χ4v) is 2.31. The summed E-state index contributed by atoms with van der Waals surface area (Å²) in [4.78, 5) is 8.63. The third kappa shape index (κ3) is 3.99. The molecule has 2 aromatic rings. The van der Waals surface area contributed by atoms with E-state index in [0.29, 0.717) is 10.0 Å². The van der Waals surface area contributed by atoms with E-state index in [2.05, 4.69) is 34.4 Å². The van der Waals surface area contributed by atoms with Gasteiger partial charge in [0.25, 0.3) is 0 Å². The number of aromatic nitrogens is 2. The summed E-state index contributed by atoms with van der Waals surface area (Å²) in [7, 11) is 0. The van der Waals surface area contributed by atoms with Crippen molar-refractivity contribution in [3.63, 3.8) is 0 Å². The predicted octanol–water partition coefficient (Wildman–Crippen LogP) is 4.91. The van der Waals surface area contributed by atoms with E-state index in [9.17, 15) is 0 Å². The third-order valence-corrected chi connectivity index (χ3v) is 3.59. The van der Waals surface area contributed by atoms with Gasteiger partial charge in [-0.3, -0.25) is 0 Å². The van der Waals surface area contributed by atoms with Crippen molar-refractivity contribution in [1.29, 1.82) is 0 Å². The molecular weight excluding hydrogens is 307 g/mol. The average Bonchev–Trinajstić information content (AvgIpc) is 2.49. The van der Waals surface area contributed by atoms with E-state index in [0.717, 1.165) is 42.3 Å². The Morgan fingerprint density at radius 3 is 2.57 bits per heavy atom. The highest BCUT2D eigenvalue weighted by Gasteiger charge is 2.11. The van der Waals surface area contributed by atoms with Crippen LogP contribution in [-0.2, 0) is 6.42 Å². The maximum absolute atomic E-state index is 6.18. The van der Waals surface area contributed by atoms with Gasteiger partial charge in [-0.1, -0.05) is 37.0 Å². The molecule has 0 bridgehead atoms. The van der Waals surface area contributed by atoms with E-state index in [4.69, 9.17) is 23.2 Å². The maximum atomic E-state index is 6.18. The quantitative estimate of drug-likeness (QED) is 0.792. The molecule has 0 saturated heterocycles. The van der Waals surface area contributed by atoms with Crippen molar-refractivity contribution >= 4 is 40.5 Å². The van der Waals surface area contributed by atoms with Gasteiger partial charge in [0.1, 0.15) is 18.0 Å². The molecule has 0 aliphatic rings. The molecule has 6 heteroatoms. The first kappa shape index (κ1) is 15.9. The van der Waals surface area contributed by atoms with Gasteiger partial charge < -0.3 is 10.6 Å². The summed E-state index contributed by atoms with van der Waals surface area (Å²) >= 11 is 12.2. The van der Waals surface area contributed by atoms with Crippen LogP contribution in [0.25, 0.3) is 0 Å². The molecule has 0 radical (unpaired) electrons. The topological polar surface area (TPSA) is 49.8 Å². The second kappa shape index (κ2) is 7.48. The molecule has 0 amide bonds. The standard InChI is InChI=1S/C15H18Cl2N4/c1-3-7-18-14-11(4-2)15(20-9-19-14)21-13-8-10(16)5-6-12(13)17/h5-6,8-9H,3-4,7H2,1-2H3,(H2,18,19,20,21). The van der Waals surface area contributed by atoms with E-state index >= 15 is 0 Å². The summed E-state index contributed by atoms with van der Waals surface area (Å²) < 4.78 is 0. The lowest BCUT2D eigenvalue weighted by Crippen LogP contribution is -2.08. The number of nitrogens with one attached hydrogen (secondary N) is 2. The molecule has 1 heterocycles. The molecule has 2 N–H and O–H groups in total. The molecule has 4 nitrogen and oxygen atoms in total. The van der Waals surface area contributed by atoms with Crippen molar-refractivity contribution in [2.75, 3.05) is 17.2 Å². The van der Waals surface area contributed by atoms with Crippen molar-refractivity contribution in [2.45, 2.75) is 26.7 Å². The lowest BCUT2D eigenvalue weighted by molar-refractivity contribution is 0.949. The van der Waals surface area contributed by atoms with E-state index < -0.39 is 0 Å². The van der Waals surface area contributed by atoms with Gasteiger partial charge in [0.2, 0.25) is 0 Å². The Labute approximate surface area is 134 Å². The Morgan fingerprint density at radius 2 is 1.86 bits per heavy atom. The van der Waals surface area contributed by atoms with Gasteiger partial charge in [-0.05, 0) is 31.0 Å². The van der Waals surface area contributed by atoms with Crippen LogP contribution in [0.1, 0.15) is 25.8 Å². The molecule has 2 rings (SSSR count). The van der Waals surface area contributed by atoms with E-state index in [1.165, 1.54) is 6.33 Å². The zero-order chi connectivity index (χ0) is 15.2. The zero-order valence-electron chi connectivity index (χ0n) is 12.1. The highest BCUT2D eigenvalue weighted by molar-refractivity contribution is 6.35. The van der Waals surface area contributed by atoms with Crippen molar-refractivity contribution in [1.82, 2.24) is 9.97 Å². The molecule has 0 spiro atoms. The predicted molar refractivity (Wildman–Crippen MR) is 89.9 cm³/mol. The molecule has 0 fully saturated rings. The van der Waals surface area contributed by atoms with Crippen LogP contribution in [-0.4, -0.2) is 16.5 Å². The molecule has 0 saturated carbocycles. The largest absolute Gasteiger partial charge is 0.370 e. The van der Waals surface area contributed by atoms with Gasteiger partial charge in [0.15, 0.2) is 0 Å². The first-order valence-corrected chi connectivity index (χ1v) is 7.71. The van der Waals surface area contributed by atoms with Crippen LogP contribution in [0, 0.1) is 0 Å². The second-order valence-corrected chi connectivity index (χ2v) is 5.42. The van der Waals surface area contributed by atoms with E-state index in [-0.39, 0.29) is 0 Å². The maximum Gasteiger partial charge on any atom is 0.139 e. The summed E-state index contributed by atoms with van der Waals surface area (Å²) in [5.41, 5.74) is 1.76. The van der Waals surface area contributed by atoms with Gasteiger partial charge >= 0.3 is 0 Å². The Kier molecular flexibility index (Phi) is 5.65. The highest BCUT2D eigenvalue weighted by atomic mass is 35.5. The Balaban J connectivity index is 2.33. The molecule has 112 valence electrons. The molecule has 21 heavy (non-hydrogen) atoms. The minimum Gasteiger partial charge on any atom is -0.370 e. The summed E-state index contributed by atoms with van der Waals surface area (Å²) in [6.45, 7) is 5.06. The van der Waals surface area contributed by atoms with Crippen molar-refractivity contribution in [3.8, 4) is 0 Å². The van der Waals surface area contributed by atoms with Crippen LogP contribution in [0.5, 0.6) is 0 Å². The van der Waals surface area contributed by atoms with Crippen LogP contribution in [0.3, 0.4) is 0 Å². The minimum atomic E-state index is 0.600. The van der Waals surface area contributed by atoms with Crippen molar-refractivity contribution in [2.24, 2.45) is 0 Å². The first-order chi connectivity index (χ1) is 10.2. The smallest absolute Gasteiger partial charge is 0.139 e. The summed E-state index contributed by atoms with van der Waals surface area (Å²) in [6, 6.07) is 5.30. The van der Waals surface area contributed by atoms with Gasteiger partial charge in [-0.25, -0.2) is 9.97 Å². The monoisotopic (exact) mass is 324 g/mol. The Morgan fingerprint density at radius 1 is 1.10 bits per heavy atom. The van der Waals surface area contributed by atoms with Crippen molar-refractivity contribution in [3.05, 3.63) is 40.1 Å². The van der Waals surface area contributed by atoms with Crippen LogP contribution in [0.2, 0.25) is 10.0 Å². The summed E-state index contributed by atoms with van der Waals surface area (Å²) in [5.74, 6) is 1.60. The van der Waals surface area contributed by atoms with E-state index in [1.54, 1.807) is 18.2 Å². The SMILES string of the molecule is CCCNc1ncnc(Nc2cc(Cl)ccc2Cl)c1CC. The molecule has 0 unspecified atom stereocenters. The number of halogens is 2. The number of hydrogen-bond donors (Lipinski definition) is 2. The molecule has 0 aliphatic carbocycles.